The summed E-state index contributed by atoms with van der Waals surface area (Å²) < 4.78 is 23.6. The molecule has 0 spiro atoms. The zero-order valence-corrected chi connectivity index (χ0v) is 15.8. The predicted molar refractivity (Wildman–Crippen MR) is 104 cm³/mol. The van der Waals surface area contributed by atoms with Crippen molar-refractivity contribution in [2.75, 3.05) is 6.26 Å². The van der Waals surface area contributed by atoms with Crippen LogP contribution in [0.1, 0.15) is 34.5 Å². The molecule has 1 unspecified atom stereocenters. The molecule has 3 rings (SSSR count). The van der Waals surface area contributed by atoms with Crippen LogP contribution in [0.3, 0.4) is 0 Å². The van der Waals surface area contributed by atoms with E-state index in [-0.39, 0.29) is 16.8 Å². The van der Waals surface area contributed by atoms with Gasteiger partial charge in [-0.25, -0.2) is 8.42 Å². The summed E-state index contributed by atoms with van der Waals surface area (Å²) in [4.78, 5) is 12.9. The van der Waals surface area contributed by atoms with Crippen LogP contribution in [0.4, 0.5) is 0 Å². The maximum atomic E-state index is 12.8. The zero-order chi connectivity index (χ0) is 18.9. The standard InChI is InChI=1S/C21H21NO3S/c1-14-11-12-17(26(3,24)25)13-20(14)21(23)22-15(2)18-10-6-8-16-7-4-5-9-19(16)18/h4-13,15H,1-3H3,(H,22,23). The highest BCUT2D eigenvalue weighted by Gasteiger charge is 2.17. The topological polar surface area (TPSA) is 63.2 Å². The Bertz CT molecular complexity index is 1080. The van der Waals surface area contributed by atoms with Crippen molar-refractivity contribution in [3.63, 3.8) is 0 Å². The van der Waals surface area contributed by atoms with E-state index in [4.69, 9.17) is 0 Å². The lowest BCUT2D eigenvalue weighted by Crippen LogP contribution is -2.27. The number of fused-ring (bicyclic) bond motifs is 1. The molecule has 1 atom stereocenters. The molecule has 3 aromatic rings. The van der Waals surface area contributed by atoms with Gasteiger partial charge in [0.05, 0.1) is 10.9 Å². The van der Waals surface area contributed by atoms with E-state index in [0.717, 1.165) is 28.2 Å². The Morgan fingerprint density at radius 1 is 1.00 bits per heavy atom. The number of amides is 1. The average molecular weight is 367 g/mol. The molecular weight excluding hydrogens is 346 g/mol. The fraction of sp³-hybridized carbons (Fsp3) is 0.190. The highest BCUT2D eigenvalue weighted by atomic mass is 32.2. The van der Waals surface area contributed by atoms with Gasteiger partial charge in [0.1, 0.15) is 0 Å². The number of rotatable bonds is 4. The Morgan fingerprint density at radius 2 is 1.69 bits per heavy atom. The zero-order valence-electron chi connectivity index (χ0n) is 15.0. The molecule has 0 bridgehead atoms. The molecule has 134 valence electrons. The van der Waals surface area contributed by atoms with Crippen molar-refractivity contribution in [3.8, 4) is 0 Å². The van der Waals surface area contributed by atoms with Gasteiger partial charge in [0.2, 0.25) is 0 Å². The number of nitrogens with one attached hydrogen (secondary N) is 1. The van der Waals surface area contributed by atoms with E-state index in [0.29, 0.717) is 5.56 Å². The van der Waals surface area contributed by atoms with E-state index in [2.05, 4.69) is 5.32 Å². The summed E-state index contributed by atoms with van der Waals surface area (Å²) in [6, 6.07) is 18.4. The van der Waals surface area contributed by atoms with Gasteiger partial charge >= 0.3 is 0 Å². The fourth-order valence-electron chi connectivity index (χ4n) is 3.06. The molecule has 0 radical (unpaired) electrons. The van der Waals surface area contributed by atoms with Gasteiger partial charge in [0.15, 0.2) is 9.84 Å². The number of benzene rings is 3. The molecule has 0 saturated carbocycles. The van der Waals surface area contributed by atoms with Gasteiger partial charge in [0.25, 0.3) is 5.91 Å². The van der Waals surface area contributed by atoms with E-state index in [1.165, 1.54) is 12.1 Å². The molecule has 0 heterocycles. The Balaban J connectivity index is 1.93. The third-order valence-electron chi connectivity index (χ3n) is 4.52. The van der Waals surface area contributed by atoms with Crippen LogP contribution in [0.15, 0.2) is 65.6 Å². The van der Waals surface area contributed by atoms with Crippen molar-refractivity contribution >= 4 is 26.5 Å². The molecule has 0 aliphatic rings. The van der Waals surface area contributed by atoms with Gasteiger partial charge in [-0.05, 0) is 47.9 Å². The van der Waals surface area contributed by atoms with Crippen LogP contribution in [0.2, 0.25) is 0 Å². The second-order valence-electron chi connectivity index (χ2n) is 6.51. The smallest absolute Gasteiger partial charge is 0.252 e. The average Bonchev–Trinajstić information content (AvgIpc) is 2.60. The third kappa shape index (κ3) is 3.63. The number of hydrogen-bond acceptors (Lipinski definition) is 3. The maximum absolute atomic E-state index is 12.8. The van der Waals surface area contributed by atoms with Gasteiger partial charge in [-0.2, -0.15) is 0 Å². The molecule has 5 heteroatoms. The van der Waals surface area contributed by atoms with Crippen molar-refractivity contribution in [1.82, 2.24) is 5.32 Å². The molecule has 26 heavy (non-hydrogen) atoms. The number of sulfone groups is 1. The normalized spacial score (nSPS) is 12.7. The van der Waals surface area contributed by atoms with Gasteiger partial charge in [-0.1, -0.05) is 48.5 Å². The summed E-state index contributed by atoms with van der Waals surface area (Å²) in [6.45, 7) is 3.72. The fourth-order valence-corrected chi connectivity index (χ4v) is 3.70. The lowest BCUT2D eigenvalue weighted by atomic mass is 9.99. The quantitative estimate of drug-likeness (QED) is 0.757. The summed E-state index contributed by atoms with van der Waals surface area (Å²) in [6.07, 6.45) is 1.14. The molecule has 0 aliphatic heterocycles. The number of carbonyl (C=O) groups excluding carboxylic acids is 1. The first-order chi connectivity index (χ1) is 12.3. The minimum Gasteiger partial charge on any atom is -0.345 e. The third-order valence-corrected chi connectivity index (χ3v) is 5.63. The highest BCUT2D eigenvalue weighted by Crippen LogP contribution is 2.25. The molecule has 0 saturated heterocycles. The number of carbonyl (C=O) groups is 1. The Labute approximate surface area is 153 Å². The first-order valence-electron chi connectivity index (χ1n) is 8.36. The second-order valence-corrected chi connectivity index (χ2v) is 8.53. The number of aryl methyl sites for hydroxylation is 1. The number of hydrogen-bond donors (Lipinski definition) is 1. The van der Waals surface area contributed by atoms with Crippen LogP contribution in [0, 0.1) is 6.92 Å². The van der Waals surface area contributed by atoms with Crippen LogP contribution < -0.4 is 5.32 Å². The van der Waals surface area contributed by atoms with Crippen LogP contribution in [-0.4, -0.2) is 20.6 Å². The van der Waals surface area contributed by atoms with Crippen molar-refractivity contribution in [2.24, 2.45) is 0 Å². The van der Waals surface area contributed by atoms with E-state index < -0.39 is 9.84 Å². The monoisotopic (exact) mass is 367 g/mol. The molecule has 0 aliphatic carbocycles. The first-order valence-corrected chi connectivity index (χ1v) is 10.3. The van der Waals surface area contributed by atoms with Crippen LogP contribution in [0.25, 0.3) is 10.8 Å². The van der Waals surface area contributed by atoms with E-state index in [9.17, 15) is 13.2 Å². The maximum Gasteiger partial charge on any atom is 0.252 e. The summed E-state index contributed by atoms with van der Waals surface area (Å²) in [5.41, 5.74) is 2.13. The highest BCUT2D eigenvalue weighted by molar-refractivity contribution is 7.90. The molecular formula is C21H21NO3S. The SMILES string of the molecule is Cc1ccc(S(C)(=O)=O)cc1C(=O)NC(C)c1cccc2ccccc12. The second kappa shape index (κ2) is 6.92. The van der Waals surface area contributed by atoms with Crippen molar-refractivity contribution in [1.29, 1.82) is 0 Å². The molecule has 0 aromatic heterocycles. The van der Waals surface area contributed by atoms with Crippen molar-refractivity contribution in [3.05, 3.63) is 77.4 Å². The van der Waals surface area contributed by atoms with Crippen LogP contribution >= 0.6 is 0 Å². The van der Waals surface area contributed by atoms with Crippen molar-refractivity contribution < 1.29 is 13.2 Å². The van der Waals surface area contributed by atoms with E-state index >= 15 is 0 Å². The molecule has 1 N–H and O–H groups in total. The molecule has 3 aromatic carbocycles. The first kappa shape index (κ1) is 18.1. The van der Waals surface area contributed by atoms with E-state index in [1.807, 2.05) is 49.4 Å². The van der Waals surface area contributed by atoms with Gasteiger partial charge in [0, 0.05) is 11.8 Å². The molecule has 4 nitrogen and oxygen atoms in total. The Hall–Kier alpha value is -2.66. The Morgan fingerprint density at radius 3 is 2.42 bits per heavy atom. The van der Waals surface area contributed by atoms with Gasteiger partial charge in [-0.3, -0.25) is 4.79 Å². The Kier molecular flexibility index (Phi) is 4.83. The summed E-state index contributed by atoms with van der Waals surface area (Å²) in [5, 5.41) is 5.19. The summed E-state index contributed by atoms with van der Waals surface area (Å²) >= 11 is 0. The molecule has 1 amide bonds. The van der Waals surface area contributed by atoms with Gasteiger partial charge in [-0.15, -0.1) is 0 Å². The molecule has 0 fully saturated rings. The van der Waals surface area contributed by atoms with E-state index in [1.54, 1.807) is 13.0 Å². The summed E-state index contributed by atoms with van der Waals surface area (Å²) in [7, 11) is -3.37. The lowest BCUT2D eigenvalue weighted by Gasteiger charge is -2.18. The lowest BCUT2D eigenvalue weighted by molar-refractivity contribution is 0.0939. The largest absolute Gasteiger partial charge is 0.345 e. The predicted octanol–water partition coefficient (Wildman–Crippen LogP) is 4.04. The van der Waals surface area contributed by atoms with Crippen LogP contribution in [0.5, 0.6) is 0 Å². The minimum atomic E-state index is -3.37. The minimum absolute atomic E-state index is 0.145. The summed E-state index contributed by atoms with van der Waals surface area (Å²) in [5.74, 6) is -0.284. The van der Waals surface area contributed by atoms with Gasteiger partial charge < -0.3 is 5.32 Å². The van der Waals surface area contributed by atoms with Crippen LogP contribution in [-0.2, 0) is 9.84 Å². The van der Waals surface area contributed by atoms with Crippen molar-refractivity contribution in [2.45, 2.75) is 24.8 Å².